The molecule has 1 saturated carbocycles. The molecule has 0 atom stereocenters. The average Bonchev–Trinajstić information content (AvgIpc) is 2.68. The fraction of sp³-hybridized carbons (Fsp3) is 0.273. The molecule has 0 unspecified atom stereocenters. The van der Waals surface area contributed by atoms with Gasteiger partial charge in [0, 0.05) is 11.4 Å². The number of rotatable bonds is 3. The van der Waals surface area contributed by atoms with E-state index < -0.39 is 5.63 Å². The lowest BCUT2D eigenvalue weighted by atomic mass is 9.82. The van der Waals surface area contributed by atoms with Crippen LogP contribution in [0.2, 0.25) is 0 Å². The lowest BCUT2D eigenvalue weighted by Crippen LogP contribution is -2.39. The molecule has 0 spiro atoms. The third kappa shape index (κ3) is 3.40. The minimum absolute atomic E-state index is 0.0777. The Bertz CT molecular complexity index is 969. The number of para-hydroxylation sites is 1. The molecule has 0 bridgehead atoms. The molecule has 4 heteroatoms. The Labute approximate surface area is 151 Å². The molecule has 4 rings (SSSR count). The summed E-state index contributed by atoms with van der Waals surface area (Å²) in [6.07, 6.45) is 3.93. The van der Waals surface area contributed by atoms with Gasteiger partial charge in [-0.25, -0.2) is 4.79 Å². The first kappa shape index (κ1) is 16.6. The van der Waals surface area contributed by atoms with Gasteiger partial charge in [0.2, 0.25) is 0 Å². The molecule has 26 heavy (non-hydrogen) atoms. The molecule has 0 aliphatic heterocycles. The first-order valence-corrected chi connectivity index (χ1v) is 9.09. The minimum atomic E-state index is -0.584. The van der Waals surface area contributed by atoms with Crippen LogP contribution >= 0.6 is 0 Å². The lowest BCUT2D eigenvalue weighted by Gasteiger charge is -2.29. The van der Waals surface area contributed by atoms with E-state index in [0.717, 1.165) is 31.1 Å². The van der Waals surface area contributed by atoms with Gasteiger partial charge in [-0.1, -0.05) is 48.5 Å². The summed E-state index contributed by atoms with van der Waals surface area (Å²) < 4.78 is 5.26. The Morgan fingerprint density at radius 2 is 1.62 bits per heavy atom. The summed E-state index contributed by atoms with van der Waals surface area (Å²) >= 11 is 0. The highest BCUT2D eigenvalue weighted by Gasteiger charge is 2.24. The normalized spacial score (nSPS) is 20.0. The number of carbonyl (C=O) groups excluding carboxylic acids is 1. The smallest absolute Gasteiger partial charge is 0.349 e. The molecular formula is C22H21NO3. The zero-order valence-corrected chi connectivity index (χ0v) is 14.5. The van der Waals surface area contributed by atoms with E-state index in [2.05, 4.69) is 29.6 Å². The molecule has 1 amide bonds. The Hall–Kier alpha value is -2.88. The first-order chi connectivity index (χ1) is 12.7. The second kappa shape index (κ2) is 7.16. The maximum absolute atomic E-state index is 12.6. The maximum Gasteiger partial charge on any atom is 0.349 e. The van der Waals surface area contributed by atoms with Crippen LogP contribution in [0, 0.1) is 0 Å². The molecule has 3 aromatic rings. The van der Waals surface area contributed by atoms with Crippen LogP contribution in [0.1, 0.15) is 47.5 Å². The van der Waals surface area contributed by atoms with Gasteiger partial charge in [0.05, 0.1) is 0 Å². The number of carbonyl (C=O) groups is 1. The standard InChI is InChI=1S/C22H21NO3/c24-21(19-14-17-8-4-5-9-20(17)26-22(19)25)23-18-12-10-16(11-13-18)15-6-2-1-3-7-15/h1-9,14,16,18H,10-13H2,(H,23,24). The first-order valence-electron chi connectivity index (χ1n) is 9.09. The van der Waals surface area contributed by atoms with Crippen molar-refractivity contribution in [2.24, 2.45) is 0 Å². The van der Waals surface area contributed by atoms with Crippen LogP contribution in [0.15, 0.2) is 69.9 Å². The van der Waals surface area contributed by atoms with Crippen LogP contribution in [0.4, 0.5) is 0 Å². The highest BCUT2D eigenvalue weighted by Crippen LogP contribution is 2.32. The SMILES string of the molecule is O=C(NC1CCC(c2ccccc2)CC1)c1cc2ccccc2oc1=O. The number of fused-ring (bicyclic) bond motifs is 1. The zero-order valence-electron chi connectivity index (χ0n) is 14.5. The molecule has 1 aliphatic rings. The van der Waals surface area contributed by atoms with E-state index >= 15 is 0 Å². The highest BCUT2D eigenvalue weighted by molar-refractivity contribution is 5.96. The Kier molecular flexibility index (Phi) is 4.57. The topological polar surface area (TPSA) is 59.3 Å². The summed E-state index contributed by atoms with van der Waals surface area (Å²) in [5, 5.41) is 3.77. The second-order valence-corrected chi connectivity index (χ2v) is 6.92. The van der Waals surface area contributed by atoms with Crippen molar-refractivity contribution < 1.29 is 9.21 Å². The van der Waals surface area contributed by atoms with E-state index in [1.54, 1.807) is 18.2 Å². The number of nitrogens with one attached hydrogen (secondary N) is 1. The van der Waals surface area contributed by atoms with Crippen molar-refractivity contribution >= 4 is 16.9 Å². The molecule has 1 aromatic heterocycles. The molecule has 1 aliphatic carbocycles. The molecule has 1 N–H and O–H groups in total. The van der Waals surface area contributed by atoms with E-state index in [4.69, 9.17) is 4.42 Å². The van der Waals surface area contributed by atoms with Crippen molar-refractivity contribution in [3.8, 4) is 0 Å². The van der Waals surface area contributed by atoms with Crippen molar-refractivity contribution in [3.63, 3.8) is 0 Å². The summed E-state index contributed by atoms with van der Waals surface area (Å²) in [5.74, 6) is 0.211. The van der Waals surface area contributed by atoms with Gasteiger partial charge in [-0.15, -0.1) is 0 Å². The fourth-order valence-corrected chi connectivity index (χ4v) is 3.78. The van der Waals surface area contributed by atoms with E-state index in [9.17, 15) is 9.59 Å². The van der Waals surface area contributed by atoms with E-state index in [1.165, 1.54) is 5.56 Å². The predicted molar refractivity (Wildman–Crippen MR) is 101 cm³/mol. The zero-order chi connectivity index (χ0) is 17.9. The number of hydrogen-bond acceptors (Lipinski definition) is 3. The largest absolute Gasteiger partial charge is 0.422 e. The molecular weight excluding hydrogens is 326 g/mol. The molecule has 1 fully saturated rings. The average molecular weight is 347 g/mol. The van der Waals surface area contributed by atoms with Crippen molar-refractivity contribution in [2.75, 3.05) is 0 Å². The quantitative estimate of drug-likeness (QED) is 0.721. The van der Waals surface area contributed by atoms with E-state index in [-0.39, 0.29) is 17.5 Å². The van der Waals surface area contributed by atoms with Crippen molar-refractivity contribution in [2.45, 2.75) is 37.6 Å². The van der Waals surface area contributed by atoms with Gasteiger partial charge < -0.3 is 9.73 Å². The third-order valence-corrected chi connectivity index (χ3v) is 5.22. The van der Waals surface area contributed by atoms with Crippen LogP contribution < -0.4 is 10.9 Å². The Morgan fingerprint density at radius 1 is 0.923 bits per heavy atom. The summed E-state index contributed by atoms with van der Waals surface area (Å²) in [7, 11) is 0. The number of amides is 1. The van der Waals surface area contributed by atoms with Crippen LogP contribution in [0.25, 0.3) is 11.0 Å². The van der Waals surface area contributed by atoms with Crippen LogP contribution in [-0.2, 0) is 0 Å². The molecule has 0 saturated heterocycles. The van der Waals surface area contributed by atoms with Crippen LogP contribution in [-0.4, -0.2) is 11.9 Å². The van der Waals surface area contributed by atoms with E-state index in [0.29, 0.717) is 11.5 Å². The molecule has 132 valence electrons. The second-order valence-electron chi connectivity index (χ2n) is 6.92. The summed E-state index contributed by atoms with van der Waals surface area (Å²) in [5.41, 5.74) is 1.36. The maximum atomic E-state index is 12.6. The molecule has 2 aromatic carbocycles. The van der Waals surface area contributed by atoms with Crippen molar-refractivity contribution in [3.05, 3.63) is 82.2 Å². The molecule has 0 radical (unpaired) electrons. The van der Waals surface area contributed by atoms with Gasteiger partial charge in [-0.3, -0.25) is 4.79 Å². The molecule has 4 nitrogen and oxygen atoms in total. The predicted octanol–water partition coefficient (Wildman–Crippen LogP) is 4.25. The van der Waals surface area contributed by atoms with Crippen molar-refractivity contribution in [1.29, 1.82) is 0 Å². The highest BCUT2D eigenvalue weighted by atomic mass is 16.4. The number of benzene rings is 2. The van der Waals surface area contributed by atoms with Gasteiger partial charge in [-0.2, -0.15) is 0 Å². The Morgan fingerprint density at radius 3 is 2.38 bits per heavy atom. The van der Waals surface area contributed by atoms with Gasteiger partial charge in [-0.05, 0) is 49.3 Å². The Balaban J connectivity index is 1.43. The van der Waals surface area contributed by atoms with Gasteiger partial charge >= 0.3 is 5.63 Å². The summed E-state index contributed by atoms with van der Waals surface area (Å²) in [6.45, 7) is 0. The summed E-state index contributed by atoms with van der Waals surface area (Å²) in [4.78, 5) is 24.7. The van der Waals surface area contributed by atoms with Gasteiger partial charge in [0.25, 0.3) is 5.91 Å². The number of hydrogen-bond donors (Lipinski definition) is 1. The van der Waals surface area contributed by atoms with Gasteiger partial charge in [0.15, 0.2) is 0 Å². The van der Waals surface area contributed by atoms with Crippen LogP contribution in [0.5, 0.6) is 0 Å². The van der Waals surface area contributed by atoms with Crippen molar-refractivity contribution in [1.82, 2.24) is 5.32 Å². The monoisotopic (exact) mass is 347 g/mol. The fourth-order valence-electron chi connectivity index (χ4n) is 3.78. The van der Waals surface area contributed by atoms with Gasteiger partial charge in [0.1, 0.15) is 11.1 Å². The van der Waals surface area contributed by atoms with E-state index in [1.807, 2.05) is 18.2 Å². The summed E-state index contributed by atoms with van der Waals surface area (Å²) in [6, 6.07) is 19.5. The lowest BCUT2D eigenvalue weighted by molar-refractivity contribution is 0.0922. The minimum Gasteiger partial charge on any atom is -0.422 e. The van der Waals surface area contributed by atoms with Crippen LogP contribution in [0.3, 0.4) is 0 Å². The third-order valence-electron chi connectivity index (χ3n) is 5.22. The molecule has 1 heterocycles.